The molecule has 4 rings (SSSR count). The minimum absolute atomic E-state index is 0.00900. The van der Waals surface area contributed by atoms with Crippen LogP contribution in [-0.2, 0) is 20.7 Å². The maximum Gasteiger partial charge on any atom is 0.249 e. The normalized spacial score (nSPS) is 32.5. The van der Waals surface area contributed by atoms with Crippen molar-refractivity contribution in [3.8, 4) is 0 Å². The first-order valence-corrected chi connectivity index (χ1v) is 9.62. The van der Waals surface area contributed by atoms with Gasteiger partial charge >= 0.3 is 0 Å². The first-order chi connectivity index (χ1) is 12.6. The van der Waals surface area contributed by atoms with Crippen LogP contribution < -0.4 is 10.6 Å². The van der Waals surface area contributed by atoms with Gasteiger partial charge in [-0.1, -0.05) is 0 Å². The Labute approximate surface area is 153 Å². The predicted octanol–water partition coefficient (Wildman–Crippen LogP) is 1.13. The fraction of sp³-hybridized carbons (Fsp3) is 0.684. The molecule has 2 amide bonds. The number of carbonyl (C=O) groups excluding carboxylic acids is 2. The molecular formula is C19H26N4O3. The van der Waals surface area contributed by atoms with Crippen LogP contribution in [0.15, 0.2) is 18.6 Å². The Hall–Kier alpha value is -2.02. The van der Waals surface area contributed by atoms with Crippen LogP contribution in [0.5, 0.6) is 0 Å². The van der Waals surface area contributed by atoms with Crippen LogP contribution in [0.25, 0.3) is 0 Å². The zero-order valence-electron chi connectivity index (χ0n) is 14.9. The van der Waals surface area contributed by atoms with Gasteiger partial charge in [-0.3, -0.25) is 9.59 Å². The summed E-state index contributed by atoms with van der Waals surface area (Å²) in [5.74, 6) is 0.601. The Morgan fingerprint density at radius 2 is 2.27 bits per heavy atom. The third kappa shape index (κ3) is 3.58. The number of nitrogens with zero attached hydrogens (tertiary/aromatic N) is 2. The van der Waals surface area contributed by atoms with Crippen molar-refractivity contribution in [2.45, 2.75) is 69.1 Å². The number of nitrogens with one attached hydrogen (secondary N) is 2. The van der Waals surface area contributed by atoms with E-state index < -0.39 is 0 Å². The monoisotopic (exact) mass is 358 g/mol. The summed E-state index contributed by atoms with van der Waals surface area (Å²) in [5, 5.41) is 6.44. The van der Waals surface area contributed by atoms with Crippen molar-refractivity contribution in [1.29, 1.82) is 0 Å². The summed E-state index contributed by atoms with van der Waals surface area (Å²) in [6.07, 6.45) is 9.56. The summed E-state index contributed by atoms with van der Waals surface area (Å²) >= 11 is 0. The number of hydrogen-bond donors (Lipinski definition) is 2. The van der Waals surface area contributed by atoms with Crippen LogP contribution in [0.4, 0.5) is 0 Å². The molecule has 1 saturated heterocycles. The standard InChI is InChI=1S/C19H26N4O3/c24-17(4-3-14-6-8-20-12-21-14)22-16-10-13-5-7-19(16,11-13)23-18(25)15-2-1-9-26-15/h6,8,12-13,15-16H,1-5,7,9-11H2,(H,22,24)(H,23,25)/t13-,15?,16+,19+/m0/s1. The van der Waals surface area contributed by atoms with Gasteiger partial charge in [0.1, 0.15) is 12.4 Å². The molecule has 0 aromatic carbocycles. The first-order valence-electron chi connectivity index (χ1n) is 9.62. The molecular weight excluding hydrogens is 332 g/mol. The highest BCUT2D eigenvalue weighted by Gasteiger charge is 2.53. The summed E-state index contributed by atoms with van der Waals surface area (Å²) in [7, 11) is 0. The Kier molecular flexibility index (Phi) is 4.89. The quantitative estimate of drug-likeness (QED) is 0.795. The van der Waals surface area contributed by atoms with Gasteiger partial charge in [0, 0.05) is 24.9 Å². The second-order valence-electron chi connectivity index (χ2n) is 7.81. The molecule has 3 fully saturated rings. The SMILES string of the molecule is O=C(CCc1ccncn1)N[C@@H]1C[C@@H]2CC[C@@]1(NC(=O)C1CCCO1)C2. The Balaban J connectivity index is 1.34. The Morgan fingerprint density at radius 1 is 1.35 bits per heavy atom. The van der Waals surface area contributed by atoms with Gasteiger partial charge < -0.3 is 15.4 Å². The first kappa shape index (κ1) is 17.4. The predicted molar refractivity (Wildman–Crippen MR) is 94.1 cm³/mol. The van der Waals surface area contributed by atoms with Crippen LogP contribution in [0.3, 0.4) is 0 Å². The van der Waals surface area contributed by atoms with E-state index in [-0.39, 0.29) is 29.5 Å². The summed E-state index contributed by atoms with van der Waals surface area (Å²) in [6, 6.07) is 1.85. The number of aromatic nitrogens is 2. The number of carbonyl (C=O) groups is 2. The highest BCUT2D eigenvalue weighted by Crippen LogP contribution is 2.48. The molecule has 3 aliphatic rings. The zero-order valence-corrected chi connectivity index (χ0v) is 14.9. The van der Waals surface area contributed by atoms with Crippen LogP contribution in [0, 0.1) is 5.92 Å². The van der Waals surface area contributed by atoms with Crippen molar-refractivity contribution in [3.63, 3.8) is 0 Å². The van der Waals surface area contributed by atoms with Crippen LogP contribution >= 0.6 is 0 Å². The molecule has 2 N–H and O–H groups in total. The molecule has 0 radical (unpaired) electrons. The number of aryl methyl sites for hydroxylation is 1. The molecule has 2 saturated carbocycles. The summed E-state index contributed by atoms with van der Waals surface area (Å²) in [4.78, 5) is 33.0. The molecule has 2 heterocycles. The van der Waals surface area contributed by atoms with Crippen molar-refractivity contribution < 1.29 is 14.3 Å². The molecule has 4 atom stereocenters. The molecule has 1 unspecified atom stereocenters. The van der Waals surface area contributed by atoms with Gasteiger partial charge in [-0.2, -0.15) is 0 Å². The van der Waals surface area contributed by atoms with Gasteiger partial charge in [0.05, 0.1) is 11.6 Å². The topological polar surface area (TPSA) is 93.2 Å². The van der Waals surface area contributed by atoms with Gasteiger partial charge in [-0.25, -0.2) is 9.97 Å². The molecule has 7 heteroatoms. The molecule has 2 aliphatic carbocycles. The van der Waals surface area contributed by atoms with Crippen molar-refractivity contribution >= 4 is 11.8 Å². The molecule has 140 valence electrons. The molecule has 7 nitrogen and oxygen atoms in total. The highest BCUT2D eigenvalue weighted by molar-refractivity contribution is 5.82. The van der Waals surface area contributed by atoms with E-state index in [0.29, 0.717) is 25.4 Å². The van der Waals surface area contributed by atoms with E-state index in [1.54, 1.807) is 6.20 Å². The van der Waals surface area contributed by atoms with E-state index in [1.807, 2.05) is 6.07 Å². The lowest BCUT2D eigenvalue weighted by atomic mass is 9.87. The van der Waals surface area contributed by atoms with Crippen LogP contribution in [0.1, 0.15) is 50.6 Å². The minimum atomic E-state index is -0.321. The van der Waals surface area contributed by atoms with E-state index in [1.165, 1.54) is 6.33 Å². The van der Waals surface area contributed by atoms with Crippen LogP contribution in [-0.4, -0.2) is 46.1 Å². The molecule has 2 bridgehead atoms. The third-order valence-electron chi connectivity index (χ3n) is 6.07. The van der Waals surface area contributed by atoms with E-state index in [4.69, 9.17) is 4.74 Å². The highest BCUT2D eigenvalue weighted by atomic mass is 16.5. The zero-order chi connectivity index (χ0) is 18.0. The van der Waals surface area contributed by atoms with Crippen molar-refractivity contribution in [2.24, 2.45) is 5.92 Å². The summed E-state index contributed by atoms with van der Waals surface area (Å²) in [5.41, 5.74) is 0.572. The number of rotatable bonds is 6. The Morgan fingerprint density at radius 3 is 3.00 bits per heavy atom. The lowest BCUT2D eigenvalue weighted by molar-refractivity contribution is -0.133. The third-order valence-corrected chi connectivity index (χ3v) is 6.07. The minimum Gasteiger partial charge on any atom is -0.368 e. The van der Waals surface area contributed by atoms with Crippen LogP contribution in [0.2, 0.25) is 0 Å². The second kappa shape index (κ2) is 7.31. The fourth-order valence-corrected chi connectivity index (χ4v) is 4.74. The molecule has 26 heavy (non-hydrogen) atoms. The molecule has 1 aromatic rings. The van der Waals surface area contributed by atoms with Crippen molar-refractivity contribution in [1.82, 2.24) is 20.6 Å². The van der Waals surface area contributed by atoms with Crippen molar-refractivity contribution in [2.75, 3.05) is 6.61 Å². The van der Waals surface area contributed by atoms with Gasteiger partial charge in [0.2, 0.25) is 11.8 Å². The number of hydrogen-bond acceptors (Lipinski definition) is 5. The smallest absolute Gasteiger partial charge is 0.249 e. The van der Waals surface area contributed by atoms with Gasteiger partial charge in [0.15, 0.2) is 0 Å². The number of ether oxygens (including phenoxy) is 1. The van der Waals surface area contributed by atoms with Gasteiger partial charge in [-0.15, -0.1) is 0 Å². The average molecular weight is 358 g/mol. The van der Waals surface area contributed by atoms with E-state index in [0.717, 1.165) is 44.2 Å². The summed E-state index contributed by atoms with van der Waals surface area (Å²) < 4.78 is 5.52. The van der Waals surface area contributed by atoms with E-state index in [2.05, 4.69) is 20.6 Å². The number of amides is 2. The lowest BCUT2D eigenvalue weighted by Crippen LogP contribution is -2.60. The van der Waals surface area contributed by atoms with Gasteiger partial charge in [0.25, 0.3) is 0 Å². The molecule has 1 aliphatic heterocycles. The average Bonchev–Trinajstić information content (AvgIpc) is 3.37. The molecule has 1 aromatic heterocycles. The molecule has 0 spiro atoms. The summed E-state index contributed by atoms with van der Waals surface area (Å²) in [6.45, 7) is 0.664. The maximum atomic E-state index is 12.6. The maximum absolute atomic E-state index is 12.6. The second-order valence-corrected chi connectivity index (χ2v) is 7.81. The van der Waals surface area contributed by atoms with Gasteiger partial charge in [-0.05, 0) is 56.9 Å². The van der Waals surface area contributed by atoms with E-state index >= 15 is 0 Å². The Bertz CT molecular complexity index is 662. The number of fused-ring (bicyclic) bond motifs is 2. The lowest BCUT2D eigenvalue weighted by Gasteiger charge is -2.37. The largest absolute Gasteiger partial charge is 0.368 e. The fourth-order valence-electron chi connectivity index (χ4n) is 4.74. The van der Waals surface area contributed by atoms with Crippen molar-refractivity contribution in [3.05, 3.63) is 24.3 Å². The van der Waals surface area contributed by atoms with E-state index in [9.17, 15) is 9.59 Å².